The topological polar surface area (TPSA) is 142 Å². The fourth-order valence-electron chi connectivity index (χ4n) is 4.43. The number of piperazine rings is 1. The van der Waals surface area contributed by atoms with E-state index < -0.39 is 13.1 Å². The van der Waals surface area contributed by atoms with Crippen LogP contribution < -0.4 is 14.7 Å². The summed E-state index contributed by atoms with van der Waals surface area (Å²) in [5, 5.41) is 31.0. The molecule has 1 amide bonds. The summed E-state index contributed by atoms with van der Waals surface area (Å²) in [5.41, 5.74) is 1.46. The molecule has 3 N–H and O–H groups in total. The number of carboxylic acid groups (broad SMARTS) is 1. The molecule has 0 radical (unpaired) electrons. The van der Waals surface area contributed by atoms with Gasteiger partial charge in [-0.3, -0.25) is 9.69 Å². The number of hydrogen-bond donors (Lipinski definition) is 3. The van der Waals surface area contributed by atoms with Crippen LogP contribution in [0.25, 0.3) is 0 Å². The van der Waals surface area contributed by atoms with Gasteiger partial charge < -0.3 is 29.7 Å². The summed E-state index contributed by atoms with van der Waals surface area (Å²) >= 11 is 0. The summed E-state index contributed by atoms with van der Waals surface area (Å²) in [6.45, 7) is 5.33. The van der Waals surface area contributed by atoms with E-state index in [4.69, 9.17) is 9.39 Å². The van der Waals surface area contributed by atoms with Crippen LogP contribution in [0, 0.1) is 0 Å². The molecule has 0 bridgehead atoms. The molecule has 0 unspecified atom stereocenters. The molecule has 3 aliphatic heterocycles. The molecule has 2 aromatic rings. The number of aryl methyl sites for hydroxylation is 1. The Morgan fingerprint density at radius 2 is 2.06 bits per heavy atom. The third-order valence-corrected chi connectivity index (χ3v) is 6.30. The van der Waals surface area contributed by atoms with Crippen molar-refractivity contribution in [2.45, 2.75) is 31.9 Å². The number of aromatic nitrogens is 3. The first-order valence-corrected chi connectivity index (χ1v) is 11.5. The van der Waals surface area contributed by atoms with E-state index in [2.05, 4.69) is 20.5 Å². The third kappa shape index (κ3) is 4.86. The first-order chi connectivity index (χ1) is 16.5. The number of carboxylic acids is 1. The number of likely N-dealkylation sites (tertiary alicyclic amines) is 1. The maximum atomic E-state index is 12.6. The summed E-state index contributed by atoms with van der Waals surface area (Å²) in [7, 11) is -1.04. The molecule has 34 heavy (non-hydrogen) atoms. The van der Waals surface area contributed by atoms with Gasteiger partial charge in [0.15, 0.2) is 0 Å². The number of benzene rings is 1. The van der Waals surface area contributed by atoms with E-state index >= 15 is 0 Å². The standard InChI is InChI=1S/C21H27BN6O6/c29-18(13-28-10-15(24-25-28)9-26-7-5-23-6-8-26)27-11-16(12-27)33-17-2-1-14-3-4-22(32)34-20(14)19(17)21(30)31/h1-2,10,16,23,32H,3-9,11-13H2,(H,30,31). The van der Waals surface area contributed by atoms with E-state index in [1.54, 1.807) is 27.9 Å². The minimum atomic E-state index is -1.18. The number of fused-ring (bicyclic) bond motifs is 1. The van der Waals surface area contributed by atoms with Crippen LogP contribution in [0.2, 0.25) is 6.32 Å². The van der Waals surface area contributed by atoms with Crippen molar-refractivity contribution in [2.24, 2.45) is 0 Å². The van der Waals surface area contributed by atoms with Gasteiger partial charge in [0.25, 0.3) is 0 Å². The molecule has 2 saturated heterocycles. The number of rotatable bonds is 7. The van der Waals surface area contributed by atoms with E-state index in [-0.39, 0.29) is 35.6 Å². The van der Waals surface area contributed by atoms with Gasteiger partial charge in [-0.05, 0) is 24.4 Å². The number of carbonyl (C=O) groups excluding carboxylic acids is 1. The van der Waals surface area contributed by atoms with Crippen LogP contribution in [0.5, 0.6) is 11.5 Å². The number of nitrogens with one attached hydrogen (secondary N) is 1. The molecule has 180 valence electrons. The Morgan fingerprint density at radius 3 is 2.82 bits per heavy atom. The Kier molecular flexibility index (Phi) is 6.39. The van der Waals surface area contributed by atoms with Crippen molar-refractivity contribution in [1.29, 1.82) is 0 Å². The SMILES string of the molecule is O=C(O)c1c(OC2CN(C(=O)Cn3cc(CN4CCNCC4)nn3)C2)ccc2c1OB(O)CC2. The Morgan fingerprint density at radius 1 is 1.26 bits per heavy atom. The predicted octanol–water partition coefficient (Wildman–Crippen LogP) is -0.913. The van der Waals surface area contributed by atoms with Crippen LogP contribution in [-0.4, -0.2) is 99.3 Å². The van der Waals surface area contributed by atoms with Crippen LogP contribution in [0.3, 0.4) is 0 Å². The number of aromatic carboxylic acids is 1. The van der Waals surface area contributed by atoms with Crippen molar-refractivity contribution >= 4 is 19.0 Å². The number of nitrogens with zero attached hydrogens (tertiary/aromatic N) is 5. The van der Waals surface area contributed by atoms with Crippen molar-refractivity contribution in [3.8, 4) is 11.5 Å². The highest BCUT2D eigenvalue weighted by Gasteiger charge is 2.35. The lowest BCUT2D eigenvalue weighted by molar-refractivity contribution is -0.140. The molecule has 3 aliphatic rings. The second-order valence-electron chi connectivity index (χ2n) is 8.82. The lowest BCUT2D eigenvalue weighted by Crippen LogP contribution is -2.57. The van der Waals surface area contributed by atoms with Gasteiger partial charge in [-0.15, -0.1) is 5.10 Å². The molecule has 1 aromatic carbocycles. The molecule has 0 aliphatic carbocycles. The second kappa shape index (κ2) is 9.61. The average Bonchev–Trinajstić information content (AvgIpc) is 3.22. The second-order valence-corrected chi connectivity index (χ2v) is 8.82. The molecule has 2 fully saturated rings. The summed E-state index contributed by atoms with van der Waals surface area (Å²) in [4.78, 5) is 28.4. The van der Waals surface area contributed by atoms with E-state index in [1.165, 1.54) is 0 Å². The van der Waals surface area contributed by atoms with Crippen molar-refractivity contribution in [3.63, 3.8) is 0 Å². The summed E-state index contributed by atoms with van der Waals surface area (Å²) < 4.78 is 12.8. The maximum Gasteiger partial charge on any atom is 0.522 e. The molecule has 12 nitrogen and oxygen atoms in total. The van der Waals surface area contributed by atoms with Crippen LogP contribution in [0.1, 0.15) is 21.6 Å². The monoisotopic (exact) mass is 470 g/mol. The third-order valence-electron chi connectivity index (χ3n) is 6.30. The van der Waals surface area contributed by atoms with Gasteiger partial charge in [-0.1, -0.05) is 11.3 Å². The molecule has 13 heteroatoms. The number of hydrogen-bond acceptors (Lipinski definition) is 9. The van der Waals surface area contributed by atoms with Gasteiger partial charge in [0, 0.05) is 32.7 Å². The normalized spacial score (nSPS) is 18.7. The number of amides is 1. The zero-order chi connectivity index (χ0) is 23.7. The van der Waals surface area contributed by atoms with Crippen LogP contribution >= 0.6 is 0 Å². The zero-order valence-electron chi connectivity index (χ0n) is 18.7. The first kappa shape index (κ1) is 22.6. The zero-order valence-corrected chi connectivity index (χ0v) is 18.7. The average molecular weight is 470 g/mol. The van der Waals surface area contributed by atoms with Gasteiger partial charge in [0.05, 0.1) is 25.0 Å². The van der Waals surface area contributed by atoms with Gasteiger partial charge in [-0.2, -0.15) is 0 Å². The van der Waals surface area contributed by atoms with Gasteiger partial charge in [0.1, 0.15) is 29.7 Å². The molecule has 4 heterocycles. The molecular formula is C21H27BN6O6. The molecule has 0 atom stereocenters. The number of ether oxygens (including phenoxy) is 1. The smallest absolute Gasteiger partial charge is 0.522 e. The van der Waals surface area contributed by atoms with Crippen molar-refractivity contribution in [2.75, 3.05) is 39.3 Å². The predicted molar refractivity (Wildman–Crippen MR) is 120 cm³/mol. The Hall–Kier alpha value is -3.16. The van der Waals surface area contributed by atoms with Crippen LogP contribution in [0.4, 0.5) is 0 Å². The first-order valence-electron chi connectivity index (χ1n) is 11.5. The largest absolute Gasteiger partial charge is 0.535 e. The molecule has 0 spiro atoms. The highest BCUT2D eigenvalue weighted by molar-refractivity contribution is 6.44. The summed E-state index contributed by atoms with van der Waals surface area (Å²) in [6.07, 6.45) is 2.42. The molecule has 5 rings (SSSR count). The van der Waals surface area contributed by atoms with Crippen molar-refractivity contribution in [3.05, 3.63) is 35.2 Å². The van der Waals surface area contributed by atoms with Crippen LogP contribution in [0.15, 0.2) is 18.3 Å². The lowest BCUT2D eigenvalue weighted by atomic mass is 9.78. The Balaban J connectivity index is 1.15. The van der Waals surface area contributed by atoms with Gasteiger partial charge in [-0.25, -0.2) is 9.48 Å². The minimum Gasteiger partial charge on any atom is -0.535 e. The molecule has 1 aromatic heterocycles. The fraction of sp³-hybridized carbons (Fsp3) is 0.524. The summed E-state index contributed by atoms with van der Waals surface area (Å²) in [5.74, 6) is -0.963. The summed E-state index contributed by atoms with van der Waals surface area (Å²) in [6, 6.07) is 3.37. The van der Waals surface area contributed by atoms with Crippen molar-refractivity contribution in [1.82, 2.24) is 30.1 Å². The highest BCUT2D eigenvalue weighted by Crippen LogP contribution is 2.37. The van der Waals surface area contributed by atoms with E-state index in [0.717, 1.165) is 37.4 Å². The Labute approximate surface area is 196 Å². The fourth-order valence-corrected chi connectivity index (χ4v) is 4.43. The highest BCUT2D eigenvalue weighted by atomic mass is 16.5. The van der Waals surface area contributed by atoms with E-state index in [0.29, 0.717) is 32.4 Å². The minimum absolute atomic E-state index is 0.0895. The maximum absolute atomic E-state index is 12.6. The number of carbonyl (C=O) groups is 2. The van der Waals surface area contributed by atoms with E-state index in [1.807, 2.05) is 0 Å². The molecule has 0 saturated carbocycles. The van der Waals surface area contributed by atoms with Gasteiger partial charge >= 0.3 is 13.1 Å². The van der Waals surface area contributed by atoms with Gasteiger partial charge in [0.2, 0.25) is 5.91 Å². The van der Waals surface area contributed by atoms with E-state index in [9.17, 15) is 19.7 Å². The Bertz CT molecular complexity index is 1070. The van der Waals surface area contributed by atoms with Crippen LogP contribution in [-0.2, 0) is 24.3 Å². The van der Waals surface area contributed by atoms with Crippen molar-refractivity contribution < 1.29 is 29.1 Å². The quantitative estimate of drug-likeness (QED) is 0.435. The molecular weight excluding hydrogens is 443 g/mol. The lowest BCUT2D eigenvalue weighted by Gasteiger charge is -2.39.